The summed E-state index contributed by atoms with van der Waals surface area (Å²) < 4.78 is 7.06. The lowest BCUT2D eigenvalue weighted by molar-refractivity contribution is -0.115. The van der Waals surface area contributed by atoms with Crippen molar-refractivity contribution in [3.8, 4) is 16.5 Å². The Morgan fingerprint density at radius 1 is 1.13 bits per heavy atom. The molecule has 0 bridgehead atoms. The number of thioether (sulfide) groups is 1. The van der Waals surface area contributed by atoms with Crippen molar-refractivity contribution >= 4 is 34.7 Å². The molecule has 0 fully saturated rings. The highest BCUT2D eigenvalue weighted by Crippen LogP contribution is 2.37. The average Bonchev–Trinajstić information content (AvgIpc) is 3.44. The number of ether oxygens (including phenoxy) is 1. The van der Waals surface area contributed by atoms with Crippen LogP contribution in [0.25, 0.3) is 10.7 Å². The summed E-state index contributed by atoms with van der Waals surface area (Å²) in [5.74, 6) is 7.24. The summed E-state index contributed by atoms with van der Waals surface area (Å²) in [5.41, 5.74) is 1.45. The second kappa shape index (κ2) is 9.67. The van der Waals surface area contributed by atoms with Crippen LogP contribution in [0.1, 0.15) is 17.7 Å². The number of rotatable bonds is 8. The van der Waals surface area contributed by atoms with Crippen LogP contribution in [0.3, 0.4) is 0 Å². The van der Waals surface area contributed by atoms with Crippen LogP contribution in [0, 0.1) is 0 Å². The van der Waals surface area contributed by atoms with Gasteiger partial charge in [-0.3, -0.25) is 4.79 Å². The van der Waals surface area contributed by atoms with E-state index in [2.05, 4.69) is 15.5 Å². The molecule has 7 nitrogen and oxygen atoms in total. The molecule has 0 aliphatic heterocycles. The van der Waals surface area contributed by atoms with E-state index in [4.69, 9.17) is 10.6 Å². The molecule has 0 radical (unpaired) electrons. The lowest BCUT2D eigenvalue weighted by Crippen LogP contribution is -2.21. The largest absolute Gasteiger partial charge is 0.492 e. The third kappa shape index (κ3) is 4.73. The van der Waals surface area contributed by atoms with Crippen LogP contribution in [-0.2, 0) is 4.79 Å². The van der Waals surface area contributed by atoms with Crippen molar-refractivity contribution < 1.29 is 9.53 Å². The molecule has 158 valence electrons. The van der Waals surface area contributed by atoms with Gasteiger partial charge in [0, 0.05) is 0 Å². The highest BCUT2D eigenvalue weighted by molar-refractivity contribution is 8.00. The van der Waals surface area contributed by atoms with Crippen molar-refractivity contribution in [2.75, 3.05) is 17.8 Å². The number of anilines is 1. The number of nitrogens with one attached hydrogen (secondary N) is 1. The van der Waals surface area contributed by atoms with Gasteiger partial charge in [-0.15, -0.1) is 21.5 Å². The molecule has 4 rings (SSSR count). The van der Waals surface area contributed by atoms with Crippen molar-refractivity contribution in [1.29, 1.82) is 0 Å². The van der Waals surface area contributed by atoms with Gasteiger partial charge in [0.1, 0.15) is 11.0 Å². The molecule has 2 aromatic carbocycles. The Balaban J connectivity index is 1.63. The summed E-state index contributed by atoms with van der Waals surface area (Å²) in [6.07, 6.45) is 0. The number of carbonyl (C=O) groups excluding carboxylic acids is 1. The Labute approximate surface area is 188 Å². The predicted molar refractivity (Wildman–Crippen MR) is 125 cm³/mol. The van der Waals surface area contributed by atoms with Gasteiger partial charge in [0.05, 0.1) is 17.2 Å². The van der Waals surface area contributed by atoms with Gasteiger partial charge in [-0.25, -0.2) is 4.68 Å². The van der Waals surface area contributed by atoms with Gasteiger partial charge in [0.15, 0.2) is 5.82 Å². The molecule has 2 aromatic heterocycles. The molecule has 31 heavy (non-hydrogen) atoms. The number of carbonyl (C=O) groups is 1. The maximum Gasteiger partial charge on any atom is 0.242 e. The van der Waals surface area contributed by atoms with Crippen molar-refractivity contribution in [2.24, 2.45) is 0 Å². The second-order valence-electron chi connectivity index (χ2n) is 6.48. The van der Waals surface area contributed by atoms with Crippen LogP contribution in [0.4, 0.5) is 5.69 Å². The predicted octanol–water partition coefficient (Wildman–Crippen LogP) is 4.59. The Morgan fingerprint density at radius 3 is 2.65 bits per heavy atom. The molecular weight excluding hydrogens is 430 g/mol. The molecule has 9 heteroatoms. The number of benzene rings is 2. The van der Waals surface area contributed by atoms with Crippen LogP contribution >= 0.6 is 23.1 Å². The molecule has 0 unspecified atom stereocenters. The first kappa shape index (κ1) is 21.0. The highest BCUT2D eigenvalue weighted by Gasteiger charge is 2.26. The average molecular weight is 452 g/mol. The maximum atomic E-state index is 13.3. The van der Waals surface area contributed by atoms with Crippen LogP contribution in [0.15, 0.2) is 77.3 Å². The number of para-hydroxylation sites is 2. The van der Waals surface area contributed by atoms with E-state index < -0.39 is 5.25 Å². The second-order valence-corrected chi connectivity index (χ2v) is 8.50. The smallest absolute Gasteiger partial charge is 0.242 e. The number of hydrogen-bond acceptors (Lipinski definition) is 7. The number of nitrogens with zero attached hydrogens (tertiary/aromatic N) is 3. The summed E-state index contributed by atoms with van der Waals surface area (Å²) in [7, 11) is 0. The van der Waals surface area contributed by atoms with Crippen molar-refractivity contribution in [3.05, 3.63) is 77.7 Å². The zero-order valence-corrected chi connectivity index (χ0v) is 18.4. The molecular formula is C22H21N5O2S2. The summed E-state index contributed by atoms with van der Waals surface area (Å²) >= 11 is 2.78. The highest BCUT2D eigenvalue weighted by atomic mass is 32.2. The van der Waals surface area contributed by atoms with Crippen molar-refractivity contribution in [3.63, 3.8) is 0 Å². The fraction of sp³-hybridized carbons (Fsp3) is 0.136. The molecule has 0 aliphatic carbocycles. The maximum absolute atomic E-state index is 13.3. The lowest BCUT2D eigenvalue weighted by atomic mass is 10.1. The third-order valence-electron chi connectivity index (χ3n) is 4.41. The van der Waals surface area contributed by atoms with E-state index in [-0.39, 0.29) is 5.91 Å². The van der Waals surface area contributed by atoms with Crippen LogP contribution < -0.4 is 15.9 Å². The van der Waals surface area contributed by atoms with E-state index in [9.17, 15) is 4.79 Å². The number of nitrogens with two attached hydrogens (primary N) is 1. The molecule has 0 saturated heterocycles. The Kier molecular flexibility index (Phi) is 6.54. The lowest BCUT2D eigenvalue weighted by Gasteiger charge is -2.18. The standard InChI is InChI=1S/C22H21N5O2S2/c1-2-29-17-12-7-6-11-16(17)24-21(28)19(15-9-4-3-5-10-15)31-22-26-25-20(27(22)23)18-13-8-14-30-18/h3-14,19H,2,23H2,1H3,(H,24,28)/t19-/m0/s1. The van der Waals surface area contributed by atoms with Crippen molar-refractivity contribution in [2.45, 2.75) is 17.3 Å². The fourth-order valence-corrected chi connectivity index (χ4v) is 4.65. The first-order valence-electron chi connectivity index (χ1n) is 9.66. The zero-order chi connectivity index (χ0) is 21.6. The Hall–Kier alpha value is -3.30. The number of aromatic nitrogens is 3. The van der Waals surface area contributed by atoms with Gasteiger partial charge in [-0.1, -0.05) is 60.3 Å². The fourth-order valence-electron chi connectivity index (χ4n) is 2.99. The van der Waals surface area contributed by atoms with Gasteiger partial charge < -0.3 is 15.9 Å². The normalized spacial score (nSPS) is 11.8. The molecule has 4 aromatic rings. The van der Waals surface area contributed by atoms with Gasteiger partial charge in [-0.05, 0) is 36.1 Å². The number of nitrogen functional groups attached to an aromatic ring is 1. The molecule has 2 heterocycles. The monoisotopic (exact) mass is 451 g/mol. The van der Waals surface area contributed by atoms with Gasteiger partial charge >= 0.3 is 0 Å². The quantitative estimate of drug-likeness (QED) is 0.300. The molecule has 1 atom stereocenters. The molecule has 0 spiro atoms. The van der Waals surface area contributed by atoms with E-state index >= 15 is 0 Å². The van der Waals surface area contributed by atoms with Gasteiger partial charge in [0.2, 0.25) is 11.1 Å². The van der Waals surface area contributed by atoms with E-state index in [1.165, 1.54) is 27.8 Å². The topological polar surface area (TPSA) is 95.1 Å². The number of amides is 1. The molecule has 3 N–H and O–H groups in total. The van der Waals surface area contributed by atoms with Gasteiger partial charge in [-0.2, -0.15) is 0 Å². The van der Waals surface area contributed by atoms with E-state index in [0.717, 1.165) is 10.4 Å². The SMILES string of the molecule is CCOc1ccccc1NC(=O)[C@@H](Sc1nnc(-c2cccs2)n1N)c1ccccc1. The molecule has 1 amide bonds. The van der Waals surface area contributed by atoms with Gasteiger partial charge in [0.25, 0.3) is 0 Å². The summed E-state index contributed by atoms with van der Waals surface area (Å²) in [4.78, 5) is 14.2. The van der Waals surface area contributed by atoms with Crippen LogP contribution in [-0.4, -0.2) is 27.4 Å². The first-order chi connectivity index (χ1) is 15.2. The van der Waals surface area contributed by atoms with E-state index in [0.29, 0.717) is 29.0 Å². The minimum absolute atomic E-state index is 0.205. The summed E-state index contributed by atoms with van der Waals surface area (Å²) in [6.45, 7) is 2.41. The number of hydrogen-bond donors (Lipinski definition) is 2. The van der Waals surface area contributed by atoms with E-state index in [1.54, 1.807) is 0 Å². The first-order valence-corrected chi connectivity index (χ1v) is 11.4. The Bertz CT molecular complexity index is 1150. The summed E-state index contributed by atoms with van der Waals surface area (Å²) in [6, 6.07) is 20.7. The van der Waals surface area contributed by atoms with Crippen molar-refractivity contribution in [1.82, 2.24) is 14.9 Å². The van der Waals surface area contributed by atoms with E-state index in [1.807, 2.05) is 79.0 Å². The third-order valence-corrected chi connectivity index (χ3v) is 6.49. The number of thiophene rings is 1. The molecule has 0 saturated carbocycles. The minimum Gasteiger partial charge on any atom is -0.492 e. The van der Waals surface area contributed by atoms with Crippen LogP contribution in [0.2, 0.25) is 0 Å². The minimum atomic E-state index is -0.585. The molecule has 0 aliphatic rings. The zero-order valence-electron chi connectivity index (χ0n) is 16.8. The Morgan fingerprint density at radius 2 is 1.90 bits per heavy atom. The van der Waals surface area contributed by atoms with Crippen LogP contribution in [0.5, 0.6) is 5.75 Å². The summed E-state index contributed by atoms with van der Waals surface area (Å²) in [5, 5.41) is 13.2.